The zero-order chi connectivity index (χ0) is 24.4. The molecule has 0 N–H and O–H groups in total. The van der Waals surface area contributed by atoms with Crippen molar-refractivity contribution >= 4 is 12.0 Å². The van der Waals surface area contributed by atoms with Crippen LogP contribution in [0.4, 0.5) is 0 Å². The number of benzene rings is 1. The number of esters is 1. The van der Waals surface area contributed by atoms with Gasteiger partial charge in [0.2, 0.25) is 6.08 Å². The molecule has 0 aliphatic carbocycles. The van der Waals surface area contributed by atoms with Crippen molar-refractivity contribution in [3.05, 3.63) is 23.8 Å². The molecule has 3 unspecified atom stereocenters. The minimum atomic E-state index is -0.384. The van der Waals surface area contributed by atoms with E-state index in [0.717, 1.165) is 18.4 Å². The molecule has 7 nitrogen and oxygen atoms in total. The number of ether oxygens (including phenoxy) is 4. The van der Waals surface area contributed by atoms with Crippen LogP contribution in [0.15, 0.2) is 23.2 Å². The second-order valence-electron chi connectivity index (χ2n) is 9.47. The second kappa shape index (κ2) is 13.4. The third-order valence-electron chi connectivity index (χ3n) is 6.47. The SMILES string of the molecule is COCCCOc1cc(CC(CC(N=C=O)C2C[C@@H](C(C)C)C(=O)O2)C(C)C)ccc1OC. The Balaban J connectivity index is 2.14. The summed E-state index contributed by atoms with van der Waals surface area (Å²) in [6, 6.07) is 5.60. The molecule has 4 atom stereocenters. The Morgan fingerprint density at radius 1 is 1.15 bits per heavy atom. The molecule has 1 aromatic rings. The maximum Gasteiger partial charge on any atom is 0.309 e. The number of aliphatic imine (C=N–C) groups is 1. The van der Waals surface area contributed by atoms with Crippen molar-refractivity contribution in [3.8, 4) is 11.5 Å². The van der Waals surface area contributed by atoms with Crippen LogP contribution in [0, 0.1) is 23.7 Å². The van der Waals surface area contributed by atoms with E-state index in [0.29, 0.717) is 43.5 Å². The molecule has 0 radical (unpaired) electrons. The predicted molar refractivity (Wildman–Crippen MR) is 126 cm³/mol. The second-order valence-corrected chi connectivity index (χ2v) is 9.47. The number of rotatable bonds is 14. The number of hydrogen-bond donors (Lipinski definition) is 0. The Morgan fingerprint density at radius 2 is 1.91 bits per heavy atom. The Morgan fingerprint density at radius 3 is 2.48 bits per heavy atom. The van der Waals surface area contributed by atoms with E-state index in [1.54, 1.807) is 20.3 Å². The number of carbonyl (C=O) groups excluding carboxylic acids is 2. The molecule has 2 rings (SSSR count). The van der Waals surface area contributed by atoms with Crippen molar-refractivity contribution in [2.24, 2.45) is 28.7 Å². The Kier molecular flexibility index (Phi) is 10.9. The number of isocyanates is 1. The first kappa shape index (κ1) is 26.9. The van der Waals surface area contributed by atoms with E-state index in [4.69, 9.17) is 18.9 Å². The van der Waals surface area contributed by atoms with Crippen molar-refractivity contribution in [3.63, 3.8) is 0 Å². The van der Waals surface area contributed by atoms with Gasteiger partial charge in [0.05, 0.1) is 25.7 Å². The molecule has 184 valence electrons. The van der Waals surface area contributed by atoms with Crippen molar-refractivity contribution < 1.29 is 28.5 Å². The van der Waals surface area contributed by atoms with Gasteiger partial charge in [0, 0.05) is 26.6 Å². The van der Waals surface area contributed by atoms with Gasteiger partial charge in [0.15, 0.2) is 11.5 Å². The third-order valence-corrected chi connectivity index (χ3v) is 6.47. The van der Waals surface area contributed by atoms with Gasteiger partial charge in [-0.15, -0.1) is 0 Å². The topological polar surface area (TPSA) is 83.4 Å². The van der Waals surface area contributed by atoms with Gasteiger partial charge < -0.3 is 18.9 Å². The number of carbonyl (C=O) groups is 1. The van der Waals surface area contributed by atoms with Crippen LogP contribution in [0.3, 0.4) is 0 Å². The number of nitrogens with zero attached hydrogens (tertiary/aromatic N) is 1. The van der Waals surface area contributed by atoms with Crippen LogP contribution in [0.2, 0.25) is 0 Å². The van der Waals surface area contributed by atoms with Gasteiger partial charge in [-0.05, 0) is 48.3 Å². The van der Waals surface area contributed by atoms with Crippen molar-refractivity contribution in [1.29, 1.82) is 0 Å². The summed E-state index contributed by atoms with van der Waals surface area (Å²) in [5.41, 5.74) is 1.12. The number of hydrogen-bond acceptors (Lipinski definition) is 7. The van der Waals surface area contributed by atoms with Gasteiger partial charge >= 0.3 is 5.97 Å². The molecule has 0 saturated carbocycles. The van der Waals surface area contributed by atoms with Crippen LogP contribution in [-0.4, -0.2) is 51.6 Å². The van der Waals surface area contributed by atoms with Gasteiger partial charge in [-0.1, -0.05) is 33.8 Å². The quantitative estimate of drug-likeness (QED) is 0.174. The maximum absolute atomic E-state index is 12.3. The van der Waals surface area contributed by atoms with E-state index in [1.165, 1.54) is 0 Å². The average molecular weight is 462 g/mol. The summed E-state index contributed by atoms with van der Waals surface area (Å²) < 4.78 is 22.1. The van der Waals surface area contributed by atoms with Gasteiger partial charge in [0.1, 0.15) is 6.10 Å². The van der Waals surface area contributed by atoms with Crippen LogP contribution < -0.4 is 9.47 Å². The van der Waals surface area contributed by atoms with Gasteiger partial charge in [0.25, 0.3) is 0 Å². The summed E-state index contributed by atoms with van der Waals surface area (Å²) >= 11 is 0. The highest BCUT2D eigenvalue weighted by Crippen LogP contribution is 2.35. The zero-order valence-electron chi connectivity index (χ0n) is 20.8. The smallest absolute Gasteiger partial charge is 0.309 e. The zero-order valence-corrected chi connectivity index (χ0v) is 20.8. The van der Waals surface area contributed by atoms with E-state index in [2.05, 4.69) is 18.8 Å². The van der Waals surface area contributed by atoms with Crippen LogP contribution in [0.25, 0.3) is 0 Å². The van der Waals surface area contributed by atoms with Gasteiger partial charge in [-0.25, -0.2) is 4.79 Å². The maximum atomic E-state index is 12.3. The third kappa shape index (κ3) is 7.86. The molecule has 1 heterocycles. The van der Waals surface area contributed by atoms with Crippen LogP contribution in [0.5, 0.6) is 11.5 Å². The minimum Gasteiger partial charge on any atom is -0.493 e. The first-order valence-electron chi connectivity index (χ1n) is 11.9. The number of methoxy groups -OCH3 is 2. The Bertz CT molecular complexity index is 802. The van der Waals surface area contributed by atoms with Gasteiger partial charge in [-0.3, -0.25) is 4.79 Å². The largest absolute Gasteiger partial charge is 0.493 e. The lowest BCUT2D eigenvalue weighted by molar-refractivity contribution is -0.145. The highest BCUT2D eigenvalue weighted by Gasteiger charge is 2.41. The molecule has 0 bridgehead atoms. The lowest BCUT2D eigenvalue weighted by Gasteiger charge is -2.26. The van der Waals surface area contributed by atoms with E-state index in [9.17, 15) is 9.59 Å². The summed E-state index contributed by atoms with van der Waals surface area (Å²) in [5.74, 6) is 1.85. The fourth-order valence-corrected chi connectivity index (χ4v) is 4.32. The normalized spacial score (nSPS) is 19.8. The fraction of sp³-hybridized carbons (Fsp3) is 0.692. The van der Waals surface area contributed by atoms with Crippen LogP contribution in [-0.2, 0) is 25.5 Å². The molecule has 33 heavy (non-hydrogen) atoms. The molecule has 1 aliphatic rings. The summed E-state index contributed by atoms with van der Waals surface area (Å²) in [5, 5.41) is 0. The first-order chi connectivity index (χ1) is 15.8. The molecule has 0 spiro atoms. The number of cyclic esters (lactones) is 1. The molecular weight excluding hydrogens is 422 g/mol. The lowest BCUT2D eigenvalue weighted by Crippen LogP contribution is -2.29. The van der Waals surface area contributed by atoms with Crippen LogP contribution >= 0.6 is 0 Å². The Hall–Kier alpha value is -2.37. The molecule has 1 fully saturated rings. The molecular formula is C26H39NO6. The summed E-state index contributed by atoms with van der Waals surface area (Å²) in [6.45, 7) is 9.54. The highest BCUT2D eigenvalue weighted by molar-refractivity contribution is 5.75. The highest BCUT2D eigenvalue weighted by atomic mass is 16.6. The van der Waals surface area contributed by atoms with E-state index in [1.807, 2.05) is 32.0 Å². The molecule has 7 heteroatoms. The molecule has 1 aromatic carbocycles. The minimum absolute atomic E-state index is 0.142. The van der Waals surface area contributed by atoms with E-state index < -0.39 is 0 Å². The van der Waals surface area contributed by atoms with Crippen molar-refractivity contribution in [2.45, 2.75) is 65.5 Å². The fourth-order valence-electron chi connectivity index (χ4n) is 4.32. The molecule has 0 amide bonds. The predicted octanol–water partition coefficient (Wildman–Crippen LogP) is 4.61. The first-order valence-corrected chi connectivity index (χ1v) is 11.9. The van der Waals surface area contributed by atoms with E-state index in [-0.39, 0.29) is 35.9 Å². The van der Waals surface area contributed by atoms with Crippen molar-refractivity contribution in [1.82, 2.24) is 0 Å². The van der Waals surface area contributed by atoms with E-state index >= 15 is 0 Å². The standard InChI is InChI=1S/C26H39NO6/c1-17(2)20(14-22(27-16-28)24-15-21(18(3)4)26(29)33-24)12-19-8-9-23(31-6)25(13-19)32-11-7-10-30-5/h8-9,13,17-18,20-22,24H,7,10-12,14-15H2,1-6H3/t20?,21-,22?,24?/m0/s1. The lowest BCUT2D eigenvalue weighted by atomic mass is 9.81. The van der Waals surface area contributed by atoms with Crippen LogP contribution in [0.1, 0.15) is 52.5 Å². The average Bonchev–Trinajstić information content (AvgIpc) is 3.17. The monoisotopic (exact) mass is 461 g/mol. The summed E-state index contributed by atoms with van der Waals surface area (Å²) in [4.78, 5) is 27.5. The van der Waals surface area contributed by atoms with Crippen molar-refractivity contribution in [2.75, 3.05) is 27.4 Å². The molecule has 1 aliphatic heterocycles. The molecule has 0 aromatic heterocycles. The summed E-state index contributed by atoms with van der Waals surface area (Å²) in [7, 11) is 3.30. The molecule has 1 saturated heterocycles. The Labute approximate surface area is 197 Å². The van der Waals surface area contributed by atoms with Gasteiger partial charge in [-0.2, -0.15) is 4.99 Å². The summed E-state index contributed by atoms with van der Waals surface area (Å²) in [6.07, 6.45) is 4.16.